The molecule has 0 amide bonds. The zero-order chi connectivity index (χ0) is 45.0. The molecule has 1 aliphatic heterocycles. The van der Waals surface area contributed by atoms with E-state index in [4.69, 9.17) is 0 Å². The summed E-state index contributed by atoms with van der Waals surface area (Å²) < 4.78 is 0. The van der Waals surface area contributed by atoms with Crippen molar-refractivity contribution in [1.29, 1.82) is 0 Å². The second-order valence-corrected chi connectivity index (χ2v) is 18.0. The van der Waals surface area contributed by atoms with Gasteiger partial charge in [-0.25, -0.2) is 0 Å². The predicted molar refractivity (Wildman–Crippen MR) is 286 cm³/mol. The van der Waals surface area contributed by atoms with Crippen LogP contribution in [0.4, 0.5) is 28.4 Å². The molecule has 2 unspecified atom stereocenters. The van der Waals surface area contributed by atoms with E-state index in [9.17, 15) is 0 Å². The van der Waals surface area contributed by atoms with Crippen LogP contribution in [0.2, 0.25) is 0 Å². The first kappa shape index (κ1) is 39.6. The maximum absolute atomic E-state index is 2.52. The van der Waals surface area contributed by atoms with Gasteiger partial charge in [-0.15, -0.1) is 0 Å². The average molecular weight is 867 g/mol. The largest absolute Gasteiger partial charge is 0.333 e. The van der Waals surface area contributed by atoms with Crippen molar-refractivity contribution in [1.82, 2.24) is 0 Å². The normalized spacial score (nSPS) is 15.3. The Hall–Kier alpha value is -8.72. The summed E-state index contributed by atoms with van der Waals surface area (Å²) in [5.74, 6) is 0.223. The molecule has 1 heterocycles. The maximum Gasteiger partial charge on any atom is 0.0630 e. The Kier molecular flexibility index (Phi) is 9.68. The molecule has 320 valence electrons. The van der Waals surface area contributed by atoms with Crippen molar-refractivity contribution >= 4 is 55.9 Å². The molecular formula is C66H46N2. The van der Waals surface area contributed by atoms with Crippen LogP contribution in [0.3, 0.4) is 0 Å². The fourth-order valence-electron chi connectivity index (χ4n) is 11.1. The number of nitrogens with zero attached hydrogens (tertiary/aromatic N) is 2. The van der Waals surface area contributed by atoms with Gasteiger partial charge in [0.15, 0.2) is 0 Å². The van der Waals surface area contributed by atoms with Crippen LogP contribution in [0.15, 0.2) is 267 Å². The highest BCUT2D eigenvalue weighted by atomic mass is 15.2. The van der Waals surface area contributed by atoms with Crippen LogP contribution in [0, 0.1) is 0 Å². The van der Waals surface area contributed by atoms with Crippen LogP contribution in [0.5, 0.6) is 0 Å². The standard InChI is InChI=1S/C66H46N2/c1-4-17-45(18-5-1)46-31-38-53(39-32-46)68-63-29-15-14-27-58(63)60-43-51(35-42-64(60)68)47-33-36-52(37-34-47)67(62-30-16-24-48-19-10-11-25-55(48)62)54-40-41-57-56-26-12-13-28-59(56)66(61(57)44-54)65(49-20-6-2-7-21-49)50-22-8-3-9-23-50/h1-44,60,64H. The van der Waals surface area contributed by atoms with Crippen molar-refractivity contribution < 1.29 is 0 Å². The second-order valence-electron chi connectivity index (χ2n) is 18.0. The molecule has 0 saturated carbocycles. The SMILES string of the molecule is C1=CC2C(C=C1c1ccc(N(c3ccc4c(c3)C(=C(c3ccccc3)c3ccccc3)c3ccccc3-4)c3cccc4ccccc34)cc1)c1ccccc1N2c1ccc(-c2ccccc2)cc1. The van der Waals surface area contributed by atoms with Crippen LogP contribution in [-0.2, 0) is 0 Å². The lowest BCUT2D eigenvalue weighted by Crippen LogP contribution is -2.28. The minimum atomic E-state index is 0.189. The molecule has 0 radical (unpaired) electrons. The minimum Gasteiger partial charge on any atom is -0.333 e. The Labute approximate surface area is 398 Å². The molecule has 2 atom stereocenters. The highest BCUT2D eigenvalue weighted by Gasteiger charge is 2.38. The van der Waals surface area contributed by atoms with Crippen molar-refractivity contribution in [2.24, 2.45) is 0 Å². The molecule has 0 fully saturated rings. The third-order valence-corrected chi connectivity index (χ3v) is 14.2. The van der Waals surface area contributed by atoms with Gasteiger partial charge in [-0.3, -0.25) is 0 Å². The Morgan fingerprint density at radius 2 is 1.01 bits per heavy atom. The summed E-state index contributed by atoms with van der Waals surface area (Å²) in [5, 5.41) is 2.41. The van der Waals surface area contributed by atoms with Crippen LogP contribution < -0.4 is 9.80 Å². The molecule has 10 aromatic carbocycles. The summed E-state index contributed by atoms with van der Waals surface area (Å²) >= 11 is 0. The Morgan fingerprint density at radius 1 is 0.426 bits per heavy atom. The molecular weight excluding hydrogens is 821 g/mol. The molecule has 13 rings (SSSR count). The maximum atomic E-state index is 2.52. The number of allylic oxidation sites excluding steroid dienone is 2. The van der Waals surface area contributed by atoms with Crippen LogP contribution in [-0.4, -0.2) is 6.04 Å². The molecule has 0 aromatic heterocycles. The fraction of sp³-hybridized carbons (Fsp3) is 0.0303. The number of benzene rings is 10. The molecule has 10 aromatic rings. The van der Waals surface area contributed by atoms with Crippen LogP contribution >= 0.6 is 0 Å². The highest BCUT2D eigenvalue weighted by Crippen LogP contribution is 2.52. The van der Waals surface area contributed by atoms with Gasteiger partial charge in [-0.05, 0) is 126 Å². The van der Waals surface area contributed by atoms with Gasteiger partial charge >= 0.3 is 0 Å². The lowest BCUT2D eigenvalue weighted by atomic mass is 9.86. The molecule has 0 spiro atoms. The summed E-state index contributed by atoms with van der Waals surface area (Å²) in [6, 6.07) is 91.2. The summed E-state index contributed by atoms with van der Waals surface area (Å²) in [7, 11) is 0. The van der Waals surface area contributed by atoms with E-state index in [1.54, 1.807) is 0 Å². The Balaban J connectivity index is 0.904. The van der Waals surface area contributed by atoms with E-state index in [0.29, 0.717) is 0 Å². The van der Waals surface area contributed by atoms with E-state index >= 15 is 0 Å². The van der Waals surface area contributed by atoms with E-state index in [1.165, 1.54) is 94.5 Å². The van der Waals surface area contributed by atoms with Gasteiger partial charge in [0.25, 0.3) is 0 Å². The van der Waals surface area contributed by atoms with Crippen molar-refractivity contribution in [3.63, 3.8) is 0 Å². The van der Waals surface area contributed by atoms with E-state index in [-0.39, 0.29) is 12.0 Å². The van der Waals surface area contributed by atoms with Gasteiger partial charge in [0.05, 0.1) is 11.7 Å². The lowest BCUT2D eigenvalue weighted by Gasteiger charge is -2.30. The Morgan fingerprint density at radius 3 is 1.78 bits per heavy atom. The predicted octanol–water partition coefficient (Wildman–Crippen LogP) is 17.2. The van der Waals surface area contributed by atoms with E-state index in [1.807, 2.05) is 0 Å². The first-order valence-electron chi connectivity index (χ1n) is 23.7. The number of hydrogen-bond acceptors (Lipinski definition) is 2. The topological polar surface area (TPSA) is 6.48 Å². The van der Waals surface area contributed by atoms with E-state index in [2.05, 4.69) is 277 Å². The van der Waals surface area contributed by atoms with Crippen LogP contribution in [0.25, 0.3) is 49.7 Å². The van der Waals surface area contributed by atoms with Crippen molar-refractivity contribution in [2.45, 2.75) is 12.0 Å². The fourth-order valence-corrected chi connectivity index (χ4v) is 11.1. The molecule has 2 nitrogen and oxygen atoms in total. The van der Waals surface area contributed by atoms with E-state index < -0.39 is 0 Å². The van der Waals surface area contributed by atoms with Gasteiger partial charge < -0.3 is 9.80 Å². The number of anilines is 5. The number of rotatable bonds is 8. The van der Waals surface area contributed by atoms with Crippen molar-refractivity contribution in [3.8, 4) is 22.3 Å². The molecule has 2 aliphatic carbocycles. The average Bonchev–Trinajstić information content (AvgIpc) is 3.92. The molecule has 3 aliphatic rings. The van der Waals surface area contributed by atoms with Gasteiger partial charge in [-0.1, -0.05) is 218 Å². The number of fused-ring (bicyclic) bond motifs is 7. The number of para-hydroxylation sites is 1. The lowest BCUT2D eigenvalue weighted by molar-refractivity contribution is 0.747. The first-order chi connectivity index (χ1) is 33.7. The smallest absolute Gasteiger partial charge is 0.0630 e. The second kappa shape index (κ2) is 16.6. The third-order valence-electron chi connectivity index (χ3n) is 14.2. The Bertz CT molecular complexity index is 3560. The minimum absolute atomic E-state index is 0.189. The molecule has 68 heavy (non-hydrogen) atoms. The van der Waals surface area contributed by atoms with Gasteiger partial charge in [0, 0.05) is 34.1 Å². The summed E-state index contributed by atoms with van der Waals surface area (Å²) in [6.45, 7) is 0. The van der Waals surface area contributed by atoms with Gasteiger partial charge in [0.1, 0.15) is 0 Å². The summed E-state index contributed by atoms with van der Waals surface area (Å²) in [5.41, 5.74) is 22.0. The zero-order valence-electron chi connectivity index (χ0n) is 37.5. The summed E-state index contributed by atoms with van der Waals surface area (Å²) in [6.07, 6.45) is 7.23. The molecule has 0 saturated heterocycles. The monoisotopic (exact) mass is 866 g/mol. The quantitative estimate of drug-likeness (QED) is 0.150. The van der Waals surface area contributed by atoms with E-state index in [0.717, 1.165) is 17.1 Å². The van der Waals surface area contributed by atoms with Gasteiger partial charge in [-0.2, -0.15) is 0 Å². The molecule has 2 heteroatoms. The number of hydrogen-bond donors (Lipinski definition) is 0. The summed E-state index contributed by atoms with van der Waals surface area (Å²) in [4.78, 5) is 4.97. The van der Waals surface area contributed by atoms with Crippen LogP contribution in [0.1, 0.15) is 39.3 Å². The van der Waals surface area contributed by atoms with Crippen molar-refractivity contribution in [3.05, 3.63) is 300 Å². The zero-order valence-corrected chi connectivity index (χ0v) is 37.5. The van der Waals surface area contributed by atoms with Gasteiger partial charge in [0.2, 0.25) is 0 Å². The first-order valence-corrected chi connectivity index (χ1v) is 23.7. The highest BCUT2D eigenvalue weighted by molar-refractivity contribution is 6.14. The van der Waals surface area contributed by atoms with Crippen molar-refractivity contribution in [2.75, 3.05) is 9.80 Å². The molecule has 0 bridgehead atoms. The molecule has 0 N–H and O–H groups in total. The third kappa shape index (κ3) is 6.72.